The summed E-state index contributed by atoms with van der Waals surface area (Å²) < 4.78 is 1.80. The molecule has 0 aromatic carbocycles. The minimum absolute atomic E-state index is 0.0503. The molecule has 140 valence electrons. The molecule has 1 aliphatic heterocycles. The molecule has 0 radical (unpaired) electrons. The number of aromatic nitrogens is 4. The number of hydrogen-bond donors (Lipinski definition) is 2. The van der Waals surface area contributed by atoms with Crippen molar-refractivity contribution in [2.45, 2.75) is 45.1 Å². The van der Waals surface area contributed by atoms with Crippen LogP contribution in [0.25, 0.3) is 0 Å². The van der Waals surface area contributed by atoms with Gasteiger partial charge in [-0.2, -0.15) is 0 Å². The molecule has 3 rings (SSSR count). The number of rotatable bonds is 4. The third kappa shape index (κ3) is 3.41. The zero-order valence-corrected chi connectivity index (χ0v) is 15.4. The lowest BCUT2D eigenvalue weighted by Gasteiger charge is -2.32. The zero-order chi connectivity index (χ0) is 18.8. The van der Waals surface area contributed by atoms with E-state index in [1.807, 2.05) is 25.8 Å². The van der Waals surface area contributed by atoms with Gasteiger partial charge in [0, 0.05) is 37.8 Å². The van der Waals surface area contributed by atoms with E-state index in [9.17, 15) is 14.7 Å². The van der Waals surface area contributed by atoms with Crippen molar-refractivity contribution in [3.63, 3.8) is 0 Å². The van der Waals surface area contributed by atoms with Gasteiger partial charge in [0.05, 0.1) is 5.56 Å². The van der Waals surface area contributed by atoms with Crippen molar-refractivity contribution < 1.29 is 9.90 Å². The first-order valence-corrected chi connectivity index (χ1v) is 8.93. The molecule has 0 saturated carbocycles. The van der Waals surface area contributed by atoms with E-state index in [1.165, 1.54) is 6.07 Å². The first-order valence-electron chi connectivity index (χ1n) is 8.93. The summed E-state index contributed by atoms with van der Waals surface area (Å²) in [6.45, 7) is 4.98. The highest BCUT2D eigenvalue weighted by molar-refractivity contribution is 5.95. The van der Waals surface area contributed by atoms with Crippen LogP contribution in [0.1, 0.15) is 66.2 Å². The number of piperidine rings is 1. The molecule has 3 heterocycles. The second-order valence-corrected chi connectivity index (χ2v) is 7.09. The van der Waals surface area contributed by atoms with Gasteiger partial charge in [0.2, 0.25) is 5.56 Å². The van der Waals surface area contributed by atoms with Crippen LogP contribution in [-0.4, -0.2) is 48.8 Å². The highest BCUT2D eigenvalue weighted by atomic mass is 16.3. The van der Waals surface area contributed by atoms with E-state index < -0.39 is 0 Å². The number of nitrogens with zero attached hydrogens (tertiary/aromatic N) is 4. The Morgan fingerprint density at radius 1 is 1.38 bits per heavy atom. The van der Waals surface area contributed by atoms with E-state index in [-0.39, 0.29) is 29.9 Å². The van der Waals surface area contributed by atoms with Gasteiger partial charge in [-0.3, -0.25) is 9.59 Å². The zero-order valence-electron chi connectivity index (χ0n) is 15.4. The molecule has 8 nitrogen and oxygen atoms in total. The molecule has 26 heavy (non-hydrogen) atoms. The summed E-state index contributed by atoms with van der Waals surface area (Å²) in [5.41, 5.74) is 1.03. The Bertz CT molecular complexity index is 855. The SMILES string of the molecule is CC(C)c1[nH]c(=O)ccc1C(=O)N1CCCC(c2nnc(CO)n2C)C1. The number of aliphatic hydroxyl groups excluding tert-OH is 1. The lowest BCUT2D eigenvalue weighted by molar-refractivity contribution is 0.0701. The number of pyridine rings is 1. The molecule has 0 bridgehead atoms. The van der Waals surface area contributed by atoms with E-state index in [0.29, 0.717) is 30.2 Å². The summed E-state index contributed by atoms with van der Waals surface area (Å²) in [6, 6.07) is 3.02. The van der Waals surface area contributed by atoms with Crippen molar-refractivity contribution in [3.05, 3.63) is 45.4 Å². The van der Waals surface area contributed by atoms with Crippen molar-refractivity contribution in [1.82, 2.24) is 24.6 Å². The van der Waals surface area contributed by atoms with Gasteiger partial charge in [-0.25, -0.2) is 0 Å². The molecule has 1 atom stereocenters. The fraction of sp³-hybridized carbons (Fsp3) is 0.556. The van der Waals surface area contributed by atoms with Gasteiger partial charge in [-0.05, 0) is 24.8 Å². The first kappa shape index (κ1) is 18.3. The molecule has 2 aromatic heterocycles. The van der Waals surface area contributed by atoms with Crippen molar-refractivity contribution in [2.75, 3.05) is 13.1 Å². The molecule has 8 heteroatoms. The number of hydrogen-bond acceptors (Lipinski definition) is 5. The largest absolute Gasteiger partial charge is 0.388 e. The van der Waals surface area contributed by atoms with Gasteiger partial charge in [0.15, 0.2) is 5.82 Å². The lowest BCUT2D eigenvalue weighted by Crippen LogP contribution is -2.40. The van der Waals surface area contributed by atoms with Crippen LogP contribution in [0.2, 0.25) is 0 Å². The summed E-state index contributed by atoms with van der Waals surface area (Å²) >= 11 is 0. The van der Waals surface area contributed by atoms with Gasteiger partial charge in [-0.1, -0.05) is 13.8 Å². The molecule has 0 spiro atoms. The minimum Gasteiger partial charge on any atom is -0.388 e. The summed E-state index contributed by atoms with van der Waals surface area (Å²) in [6.07, 6.45) is 1.79. The molecule has 1 aliphatic rings. The Kier molecular flexibility index (Phi) is 5.22. The summed E-state index contributed by atoms with van der Waals surface area (Å²) in [5.74, 6) is 1.37. The fourth-order valence-corrected chi connectivity index (χ4v) is 3.54. The van der Waals surface area contributed by atoms with Crippen molar-refractivity contribution >= 4 is 5.91 Å². The van der Waals surface area contributed by atoms with Crippen LogP contribution < -0.4 is 5.56 Å². The highest BCUT2D eigenvalue weighted by Gasteiger charge is 2.30. The number of carbonyl (C=O) groups excluding carboxylic acids is 1. The number of carbonyl (C=O) groups is 1. The van der Waals surface area contributed by atoms with Gasteiger partial charge in [0.25, 0.3) is 5.91 Å². The predicted octanol–water partition coefficient (Wildman–Crippen LogP) is 1.14. The monoisotopic (exact) mass is 359 g/mol. The average molecular weight is 359 g/mol. The standard InChI is InChI=1S/C18H25N5O3/c1-11(2)16-13(6-7-15(25)19-16)18(26)23-8-4-5-12(9-23)17-21-20-14(10-24)22(17)3/h6-7,11-12,24H,4-5,8-10H2,1-3H3,(H,19,25). The van der Waals surface area contributed by atoms with Crippen LogP contribution in [0.3, 0.4) is 0 Å². The van der Waals surface area contributed by atoms with Gasteiger partial charge in [-0.15, -0.1) is 10.2 Å². The normalized spacial score (nSPS) is 17.7. The van der Waals surface area contributed by atoms with E-state index in [2.05, 4.69) is 15.2 Å². The molecular weight excluding hydrogens is 334 g/mol. The number of amides is 1. The van der Waals surface area contributed by atoms with Crippen LogP contribution in [0, 0.1) is 0 Å². The van der Waals surface area contributed by atoms with Gasteiger partial charge in [0.1, 0.15) is 12.4 Å². The van der Waals surface area contributed by atoms with Gasteiger partial charge < -0.3 is 19.6 Å². The smallest absolute Gasteiger partial charge is 0.255 e. The Morgan fingerprint density at radius 3 is 2.81 bits per heavy atom. The molecule has 1 fully saturated rings. The minimum atomic E-state index is -0.197. The van der Waals surface area contributed by atoms with Crippen molar-refractivity contribution in [1.29, 1.82) is 0 Å². The summed E-state index contributed by atoms with van der Waals surface area (Å²) in [7, 11) is 1.83. The van der Waals surface area contributed by atoms with E-state index in [4.69, 9.17) is 0 Å². The molecule has 1 amide bonds. The fourth-order valence-electron chi connectivity index (χ4n) is 3.54. The van der Waals surface area contributed by atoms with E-state index >= 15 is 0 Å². The Labute approximate surface area is 151 Å². The maximum Gasteiger partial charge on any atom is 0.255 e. The van der Waals surface area contributed by atoms with Crippen LogP contribution in [0.15, 0.2) is 16.9 Å². The summed E-state index contributed by atoms with van der Waals surface area (Å²) in [4.78, 5) is 29.3. The predicted molar refractivity (Wildman–Crippen MR) is 96.0 cm³/mol. The van der Waals surface area contributed by atoms with Crippen molar-refractivity contribution in [3.8, 4) is 0 Å². The maximum atomic E-state index is 13.1. The van der Waals surface area contributed by atoms with Crippen molar-refractivity contribution in [2.24, 2.45) is 7.05 Å². The Morgan fingerprint density at radius 2 is 2.15 bits per heavy atom. The Balaban J connectivity index is 1.85. The third-order valence-corrected chi connectivity index (χ3v) is 4.97. The van der Waals surface area contributed by atoms with E-state index in [1.54, 1.807) is 10.6 Å². The number of aromatic amines is 1. The molecule has 0 aliphatic carbocycles. The van der Waals surface area contributed by atoms with Crippen LogP contribution in [0.4, 0.5) is 0 Å². The lowest BCUT2D eigenvalue weighted by atomic mass is 9.95. The molecule has 2 N–H and O–H groups in total. The molecule has 2 aromatic rings. The first-order chi connectivity index (χ1) is 12.4. The quantitative estimate of drug-likeness (QED) is 0.852. The Hall–Kier alpha value is -2.48. The second kappa shape index (κ2) is 7.41. The molecular formula is C18H25N5O3. The average Bonchev–Trinajstić information content (AvgIpc) is 3.01. The second-order valence-electron chi connectivity index (χ2n) is 7.09. The van der Waals surface area contributed by atoms with Crippen LogP contribution >= 0.6 is 0 Å². The number of aliphatic hydroxyl groups is 1. The number of likely N-dealkylation sites (tertiary alicyclic amines) is 1. The van der Waals surface area contributed by atoms with Gasteiger partial charge >= 0.3 is 0 Å². The van der Waals surface area contributed by atoms with Crippen LogP contribution in [-0.2, 0) is 13.7 Å². The van der Waals surface area contributed by atoms with Crippen LogP contribution in [0.5, 0.6) is 0 Å². The number of H-pyrrole nitrogens is 1. The molecule has 1 saturated heterocycles. The number of nitrogens with one attached hydrogen (secondary N) is 1. The maximum absolute atomic E-state index is 13.1. The van der Waals surface area contributed by atoms with E-state index in [0.717, 1.165) is 18.7 Å². The topological polar surface area (TPSA) is 104 Å². The molecule has 1 unspecified atom stereocenters. The third-order valence-electron chi connectivity index (χ3n) is 4.97. The summed E-state index contributed by atoms with van der Waals surface area (Å²) in [5, 5.41) is 17.5. The highest BCUT2D eigenvalue weighted by Crippen LogP contribution is 2.27.